The molecule has 2 rings (SSSR count). The molecular formula is C15H16ClN3O3. The molecule has 2 aromatic rings. The molecule has 7 heteroatoms. The Labute approximate surface area is 132 Å². The number of aromatic nitrogens is 2. The number of halogens is 1. The van der Waals surface area contributed by atoms with Crippen molar-refractivity contribution in [1.82, 2.24) is 14.5 Å². The van der Waals surface area contributed by atoms with Crippen molar-refractivity contribution < 1.29 is 4.79 Å². The molecule has 6 nitrogen and oxygen atoms in total. The standard InChI is InChI=1S/C15H16ClN3O3/c1-2-18(9-11-5-3-4-6-12(11)16)14(21)10-19-8-7-13(20)17-15(19)22/h3-8H,2,9-10H2,1H3,(H,17,20,22). The second-order valence-electron chi connectivity index (χ2n) is 4.74. The molecule has 0 spiro atoms. The number of carbonyl (C=O) groups excluding carboxylic acids is 1. The summed E-state index contributed by atoms with van der Waals surface area (Å²) in [5, 5.41) is 0.593. The molecule has 0 aliphatic rings. The first-order valence-electron chi connectivity index (χ1n) is 6.82. The van der Waals surface area contributed by atoms with Gasteiger partial charge in [0.05, 0.1) is 0 Å². The van der Waals surface area contributed by atoms with Gasteiger partial charge in [-0.25, -0.2) is 4.79 Å². The van der Waals surface area contributed by atoms with Crippen molar-refractivity contribution in [1.29, 1.82) is 0 Å². The van der Waals surface area contributed by atoms with Gasteiger partial charge in [-0.2, -0.15) is 0 Å². The molecule has 22 heavy (non-hydrogen) atoms. The number of benzene rings is 1. The van der Waals surface area contributed by atoms with E-state index in [4.69, 9.17) is 11.6 Å². The fourth-order valence-electron chi connectivity index (χ4n) is 2.02. The molecule has 116 valence electrons. The quantitative estimate of drug-likeness (QED) is 0.900. The molecule has 1 heterocycles. The smallest absolute Gasteiger partial charge is 0.328 e. The summed E-state index contributed by atoms with van der Waals surface area (Å²) in [5.74, 6) is -0.225. The second kappa shape index (κ2) is 7.09. The van der Waals surface area contributed by atoms with Crippen LogP contribution in [0.2, 0.25) is 5.02 Å². The summed E-state index contributed by atoms with van der Waals surface area (Å²) in [6.45, 7) is 2.58. The highest BCUT2D eigenvalue weighted by Crippen LogP contribution is 2.17. The van der Waals surface area contributed by atoms with E-state index in [0.717, 1.165) is 5.56 Å². The highest BCUT2D eigenvalue weighted by atomic mass is 35.5. The number of hydrogen-bond acceptors (Lipinski definition) is 3. The summed E-state index contributed by atoms with van der Waals surface area (Å²) in [4.78, 5) is 38.7. The molecular weight excluding hydrogens is 306 g/mol. The zero-order valence-electron chi connectivity index (χ0n) is 12.1. The normalized spacial score (nSPS) is 10.5. The van der Waals surface area contributed by atoms with Gasteiger partial charge in [-0.05, 0) is 18.6 Å². The van der Waals surface area contributed by atoms with Gasteiger partial charge in [0.15, 0.2) is 0 Å². The van der Waals surface area contributed by atoms with E-state index in [1.54, 1.807) is 11.0 Å². The van der Waals surface area contributed by atoms with E-state index in [-0.39, 0.29) is 12.5 Å². The van der Waals surface area contributed by atoms with Crippen LogP contribution in [0.4, 0.5) is 0 Å². The number of nitrogens with one attached hydrogen (secondary N) is 1. The number of nitrogens with zero attached hydrogens (tertiary/aromatic N) is 2. The third kappa shape index (κ3) is 3.85. The number of likely N-dealkylation sites (N-methyl/N-ethyl adjacent to an activating group) is 1. The maximum Gasteiger partial charge on any atom is 0.328 e. The minimum Gasteiger partial charge on any atom is -0.337 e. The van der Waals surface area contributed by atoms with E-state index in [0.29, 0.717) is 18.1 Å². The molecule has 0 aliphatic carbocycles. The Hall–Kier alpha value is -2.34. The first-order chi connectivity index (χ1) is 10.5. The maximum atomic E-state index is 12.3. The van der Waals surface area contributed by atoms with Gasteiger partial charge in [0.25, 0.3) is 5.56 Å². The lowest BCUT2D eigenvalue weighted by Crippen LogP contribution is -2.37. The fourth-order valence-corrected chi connectivity index (χ4v) is 2.22. The number of aromatic amines is 1. The van der Waals surface area contributed by atoms with E-state index in [1.807, 2.05) is 25.1 Å². The minimum absolute atomic E-state index is 0.131. The molecule has 0 fully saturated rings. The van der Waals surface area contributed by atoms with Crippen LogP contribution < -0.4 is 11.2 Å². The van der Waals surface area contributed by atoms with Crippen LogP contribution in [0, 0.1) is 0 Å². The summed E-state index contributed by atoms with van der Waals surface area (Å²) in [6, 6.07) is 8.50. The van der Waals surface area contributed by atoms with Crippen LogP contribution in [0.25, 0.3) is 0 Å². The van der Waals surface area contributed by atoms with Crippen molar-refractivity contribution in [2.45, 2.75) is 20.0 Å². The van der Waals surface area contributed by atoms with Crippen LogP contribution in [0.3, 0.4) is 0 Å². The van der Waals surface area contributed by atoms with E-state index in [2.05, 4.69) is 4.98 Å². The molecule has 1 amide bonds. The Balaban J connectivity index is 2.14. The van der Waals surface area contributed by atoms with Gasteiger partial charge in [-0.15, -0.1) is 0 Å². The van der Waals surface area contributed by atoms with E-state index < -0.39 is 11.2 Å². The van der Waals surface area contributed by atoms with E-state index in [1.165, 1.54) is 16.8 Å². The molecule has 0 unspecified atom stereocenters. The Morgan fingerprint density at radius 3 is 2.64 bits per heavy atom. The van der Waals surface area contributed by atoms with Crippen LogP contribution in [0.5, 0.6) is 0 Å². The zero-order chi connectivity index (χ0) is 16.1. The molecule has 1 aromatic heterocycles. The summed E-state index contributed by atoms with van der Waals surface area (Å²) in [5.41, 5.74) is -0.250. The third-order valence-electron chi connectivity index (χ3n) is 3.26. The number of carbonyl (C=O) groups is 1. The van der Waals surface area contributed by atoms with Gasteiger partial charge in [-0.3, -0.25) is 19.1 Å². The predicted octanol–water partition coefficient (Wildman–Crippen LogP) is 1.24. The van der Waals surface area contributed by atoms with Crippen molar-refractivity contribution in [3.8, 4) is 0 Å². The van der Waals surface area contributed by atoms with Gasteiger partial charge >= 0.3 is 5.69 Å². The average Bonchev–Trinajstić information content (AvgIpc) is 2.49. The zero-order valence-corrected chi connectivity index (χ0v) is 12.8. The molecule has 0 bridgehead atoms. The number of amides is 1. The van der Waals surface area contributed by atoms with Gasteiger partial charge in [0, 0.05) is 30.4 Å². The predicted molar refractivity (Wildman–Crippen MR) is 83.9 cm³/mol. The molecule has 1 aromatic carbocycles. The van der Waals surface area contributed by atoms with Crippen LogP contribution in [-0.2, 0) is 17.9 Å². The number of H-pyrrole nitrogens is 1. The lowest BCUT2D eigenvalue weighted by molar-refractivity contribution is -0.132. The van der Waals surface area contributed by atoms with E-state index >= 15 is 0 Å². The highest BCUT2D eigenvalue weighted by Gasteiger charge is 2.14. The van der Waals surface area contributed by atoms with Crippen LogP contribution in [-0.4, -0.2) is 26.9 Å². The highest BCUT2D eigenvalue weighted by molar-refractivity contribution is 6.31. The van der Waals surface area contributed by atoms with Crippen molar-refractivity contribution in [2.24, 2.45) is 0 Å². The lowest BCUT2D eigenvalue weighted by Gasteiger charge is -2.22. The second-order valence-corrected chi connectivity index (χ2v) is 5.14. The Bertz CT molecular complexity index is 782. The minimum atomic E-state index is -0.602. The number of rotatable bonds is 5. The first kappa shape index (κ1) is 16.0. The average molecular weight is 322 g/mol. The molecule has 0 atom stereocenters. The van der Waals surface area contributed by atoms with Gasteiger partial charge in [0.2, 0.25) is 5.91 Å². The SMILES string of the molecule is CCN(Cc1ccccc1Cl)C(=O)Cn1ccc(=O)[nH]c1=O. The summed E-state index contributed by atoms with van der Waals surface area (Å²) in [7, 11) is 0. The lowest BCUT2D eigenvalue weighted by atomic mass is 10.2. The molecule has 0 saturated carbocycles. The summed E-state index contributed by atoms with van der Waals surface area (Å²) >= 11 is 6.10. The molecule has 0 radical (unpaired) electrons. The Morgan fingerprint density at radius 2 is 2.00 bits per heavy atom. The van der Waals surface area contributed by atoms with Crippen LogP contribution >= 0.6 is 11.6 Å². The third-order valence-corrected chi connectivity index (χ3v) is 3.62. The monoisotopic (exact) mass is 321 g/mol. The maximum absolute atomic E-state index is 12.3. The Kier molecular flexibility index (Phi) is 5.16. The van der Waals surface area contributed by atoms with Crippen LogP contribution in [0.15, 0.2) is 46.1 Å². The van der Waals surface area contributed by atoms with Gasteiger partial charge < -0.3 is 4.90 Å². The van der Waals surface area contributed by atoms with E-state index in [9.17, 15) is 14.4 Å². The first-order valence-corrected chi connectivity index (χ1v) is 7.20. The summed E-state index contributed by atoms with van der Waals surface area (Å²) < 4.78 is 1.17. The molecule has 0 aliphatic heterocycles. The van der Waals surface area contributed by atoms with Crippen LogP contribution in [0.1, 0.15) is 12.5 Å². The largest absolute Gasteiger partial charge is 0.337 e. The summed E-state index contributed by atoms with van der Waals surface area (Å²) in [6.07, 6.45) is 1.31. The van der Waals surface area contributed by atoms with Crippen molar-refractivity contribution >= 4 is 17.5 Å². The number of hydrogen-bond donors (Lipinski definition) is 1. The van der Waals surface area contributed by atoms with Gasteiger partial charge in [0.1, 0.15) is 6.54 Å². The van der Waals surface area contributed by atoms with Crippen molar-refractivity contribution in [3.05, 3.63) is 68.0 Å². The molecule has 1 N–H and O–H groups in total. The fraction of sp³-hybridized carbons (Fsp3) is 0.267. The topological polar surface area (TPSA) is 75.2 Å². The molecule has 0 saturated heterocycles. The Morgan fingerprint density at radius 1 is 1.27 bits per heavy atom. The van der Waals surface area contributed by atoms with Crippen molar-refractivity contribution in [2.75, 3.05) is 6.54 Å². The van der Waals surface area contributed by atoms with Gasteiger partial charge in [-0.1, -0.05) is 29.8 Å². The van der Waals surface area contributed by atoms with Crippen molar-refractivity contribution in [3.63, 3.8) is 0 Å².